The van der Waals surface area contributed by atoms with Crippen LogP contribution < -0.4 is 0 Å². The van der Waals surface area contributed by atoms with E-state index in [9.17, 15) is 14.7 Å². The number of nitrogens with zero attached hydrogens (tertiary/aromatic N) is 1. The van der Waals surface area contributed by atoms with E-state index in [1.165, 1.54) is 0 Å². The molecule has 0 saturated heterocycles. The van der Waals surface area contributed by atoms with E-state index in [1.54, 1.807) is 4.90 Å². The second kappa shape index (κ2) is 6.25. The number of aliphatic hydroxyl groups is 1. The zero-order valence-electron chi connectivity index (χ0n) is 14.0. The molecule has 128 valence electrons. The van der Waals surface area contributed by atoms with Crippen molar-refractivity contribution in [2.45, 2.75) is 39.2 Å². The molecule has 0 unspecified atom stereocenters. The van der Waals surface area contributed by atoms with Gasteiger partial charge in [0.2, 0.25) is 5.91 Å². The van der Waals surface area contributed by atoms with Crippen LogP contribution in [0.3, 0.4) is 0 Å². The minimum atomic E-state index is -0.537. The van der Waals surface area contributed by atoms with E-state index in [4.69, 9.17) is 11.6 Å². The van der Waals surface area contributed by atoms with Crippen LogP contribution in [0.2, 0.25) is 0 Å². The van der Waals surface area contributed by atoms with Crippen molar-refractivity contribution in [3.05, 3.63) is 46.7 Å². The van der Waals surface area contributed by atoms with Gasteiger partial charge < -0.3 is 10.0 Å². The van der Waals surface area contributed by atoms with Gasteiger partial charge in [-0.1, -0.05) is 38.1 Å². The molecule has 0 aromatic heterocycles. The lowest BCUT2D eigenvalue weighted by atomic mass is 9.73. The Balaban J connectivity index is 2.14. The number of hydrogen-bond donors (Lipinski definition) is 1. The molecule has 1 amide bonds. The number of rotatable bonds is 2. The van der Waals surface area contributed by atoms with E-state index in [-0.39, 0.29) is 28.7 Å². The van der Waals surface area contributed by atoms with E-state index in [0.29, 0.717) is 25.0 Å². The SMILES string of the molecule is CC1(C)CC(=O)C([C@H]2c3ccccc3CCN2C(=O)CCl)=C(O)C1. The number of carbonyl (C=O) groups excluding carboxylic acids is 2. The molecule has 0 fully saturated rings. The third-order valence-corrected chi connectivity index (χ3v) is 5.12. The number of fused-ring (bicyclic) bond motifs is 1. The third-order valence-electron chi connectivity index (χ3n) is 4.89. The van der Waals surface area contributed by atoms with Crippen molar-refractivity contribution >= 4 is 23.3 Å². The van der Waals surface area contributed by atoms with Crippen LogP contribution in [0.1, 0.15) is 43.9 Å². The minimum absolute atomic E-state index is 0.0853. The van der Waals surface area contributed by atoms with Crippen LogP contribution in [0.4, 0.5) is 0 Å². The van der Waals surface area contributed by atoms with Gasteiger partial charge in [0, 0.05) is 19.4 Å². The van der Waals surface area contributed by atoms with E-state index < -0.39 is 6.04 Å². The lowest BCUT2D eigenvalue weighted by Crippen LogP contribution is -2.44. The molecular weight excluding hydrogens is 326 g/mol. The smallest absolute Gasteiger partial charge is 0.238 e. The first-order valence-electron chi connectivity index (χ1n) is 8.22. The Morgan fingerprint density at radius 1 is 1.33 bits per heavy atom. The number of ketones is 1. The van der Waals surface area contributed by atoms with E-state index >= 15 is 0 Å². The Hall–Kier alpha value is -1.81. The van der Waals surface area contributed by atoms with Crippen molar-refractivity contribution in [2.24, 2.45) is 5.41 Å². The maximum absolute atomic E-state index is 12.8. The summed E-state index contributed by atoms with van der Waals surface area (Å²) in [6, 6.07) is 7.26. The van der Waals surface area contributed by atoms with Crippen molar-refractivity contribution in [1.82, 2.24) is 4.90 Å². The maximum Gasteiger partial charge on any atom is 0.238 e. The second-order valence-corrected chi connectivity index (χ2v) is 7.64. The Labute approximate surface area is 147 Å². The van der Waals surface area contributed by atoms with E-state index in [1.807, 2.05) is 38.1 Å². The zero-order chi connectivity index (χ0) is 17.5. The number of benzene rings is 1. The van der Waals surface area contributed by atoms with Gasteiger partial charge in [-0.05, 0) is 23.0 Å². The van der Waals surface area contributed by atoms with Crippen LogP contribution in [-0.2, 0) is 16.0 Å². The molecule has 1 aliphatic heterocycles. The molecule has 4 nitrogen and oxygen atoms in total. The molecule has 1 N–H and O–H groups in total. The molecule has 0 saturated carbocycles. The predicted molar refractivity (Wildman–Crippen MR) is 93.0 cm³/mol. The van der Waals surface area contributed by atoms with Gasteiger partial charge in [-0.3, -0.25) is 9.59 Å². The van der Waals surface area contributed by atoms with Gasteiger partial charge in [0.15, 0.2) is 5.78 Å². The monoisotopic (exact) mass is 347 g/mol. The Kier molecular flexibility index (Phi) is 4.43. The van der Waals surface area contributed by atoms with Crippen LogP contribution in [0.15, 0.2) is 35.6 Å². The highest BCUT2D eigenvalue weighted by atomic mass is 35.5. The topological polar surface area (TPSA) is 57.6 Å². The average molecular weight is 348 g/mol. The van der Waals surface area contributed by atoms with Gasteiger partial charge in [-0.25, -0.2) is 0 Å². The summed E-state index contributed by atoms with van der Waals surface area (Å²) < 4.78 is 0. The first kappa shape index (κ1) is 17.0. The predicted octanol–water partition coefficient (Wildman–Crippen LogP) is 3.55. The summed E-state index contributed by atoms with van der Waals surface area (Å²) in [5.41, 5.74) is 2.12. The van der Waals surface area contributed by atoms with Crippen molar-refractivity contribution in [1.29, 1.82) is 0 Å². The van der Waals surface area contributed by atoms with Gasteiger partial charge in [-0.2, -0.15) is 0 Å². The molecule has 5 heteroatoms. The van der Waals surface area contributed by atoms with Crippen LogP contribution >= 0.6 is 11.6 Å². The number of allylic oxidation sites excluding steroid dienone is 1. The zero-order valence-corrected chi connectivity index (χ0v) is 14.8. The number of carbonyl (C=O) groups is 2. The molecule has 0 spiro atoms. The van der Waals surface area contributed by atoms with Gasteiger partial charge in [0.05, 0.1) is 11.6 Å². The quantitative estimate of drug-likeness (QED) is 0.832. The summed E-state index contributed by atoms with van der Waals surface area (Å²) in [6.45, 7) is 4.43. The Morgan fingerprint density at radius 3 is 2.71 bits per heavy atom. The molecule has 0 radical (unpaired) electrons. The van der Waals surface area contributed by atoms with Crippen molar-refractivity contribution in [2.75, 3.05) is 12.4 Å². The van der Waals surface area contributed by atoms with Crippen LogP contribution in [-0.4, -0.2) is 34.1 Å². The number of halogens is 1. The molecule has 1 aromatic carbocycles. The number of hydrogen-bond acceptors (Lipinski definition) is 3. The van der Waals surface area contributed by atoms with Crippen molar-refractivity contribution < 1.29 is 14.7 Å². The first-order chi connectivity index (χ1) is 11.3. The van der Waals surface area contributed by atoms with Gasteiger partial charge >= 0.3 is 0 Å². The van der Waals surface area contributed by atoms with Gasteiger partial charge in [0.25, 0.3) is 0 Å². The molecule has 3 rings (SSSR count). The summed E-state index contributed by atoms with van der Waals surface area (Å²) in [4.78, 5) is 26.8. The number of aliphatic hydroxyl groups excluding tert-OH is 1. The Morgan fingerprint density at radius 2 is 2.04 bits per heavy atom. The minimum Gasteiger partial charge on any atom is -0.512 e. The molecular formula is C19H22ClNO3. The highest BCUT2D eigenvalue weighted by molar-refractivity contribution is 6.27. The largest absolute Gasteiger partial charge is 0.512 e. The molecule has 2 aliphatic rings. The lowest BCUT2D eigenvalue weighted by Gasteiger charge is -2.41. The standard InChI is InChI=1S/C19H22ClNO3/c1-19(2)9-14(22)17(15(23)10-19)18-13-6-4-3-5-12(13)7-8-21(18)16(24)11-20/h3-6,18,22H,7-11H2,1-2H3/t18-/m1/s1. The first-order valence-corrected chi connectivity index (χ1v) is 8.76. The molecule has 1 aliphatic carbocycles. The summed E-state index contributed by atoms with van der Waals surface area (Å²) in [6.07, 6.45) is 1.53. The van der Waals surface area contributed by atoms with Crippen molar-refractivity contribution in [3.63, 3.8) is 0 Å². The van der Waals surface area contributed by atoms with Gasteiger partial charge in [0.1, 0.15) is 11.6 Å². The molecule has 1 aromatic rings. The Bertz CT molecular complexity index is 723. The molecule has 1 atom stereocenters. The summed E-state index contributed by atoms with van der Waals surface area (Å²) >= 11 is 5.78. The number of alkyl halides is 1. The normalized spacial score (nSPS) is 23.2. The summed E-state index contributed by atoms with van der Waals surface area (Å²) in [5.74, 6) is -0.330. The molecule has 1 heterocycles. The number of amides is 1. The fourth-order valence-electron chi connectivity index (χ4n) is 3.84. The summed E-state index contributed by atoms with van der Waals surface area (Å²) in [5, 5.41) is 10.6. The highest BCUT2D eigenvalue weighted by Crippen LogP contribution is 2.44. The third kappa shape index (κ3) is 2.95. The molecule has 0 bridgehead atoms. The van der Waals surface area contributed by atoms with E-state index in [2.05, 4.69) is 0 Å². The fraction of sp³-hybridized carbons (Fsp3) is 0.474. The maximum atomic E-state index is 12.8. The van der Waals surface area contributed by atoms with Crippen molar-refractivity contribution in [3.8, 4) is 0 Å². The van der Waals surface area contributed by atoms with Crippen LogP contribution in [0.5, 0.6) is 0 Å². The van der Waals surface area contributed by atoms with Crippen LogP contribution in [0.25, 0.3) is 0 Å². The lowest BCUT2D eigenvalue weighted by molar-refractivity contribution is -0.131. The van der Waals surface area contributed by atoms with Gasteiger partial charge in [-0.15, -0.1) is 11.6 Å². The van der Waals surface area contributed by atoms with Crippen LogP contribution in [0, 0.1) is 5.41 Å². The number of Topliss-reactive ketones (excluding diaryl/α,β-unsaturated/α-hetero) is 1. The second-order valence-electron chi connectivity index (χ2n) is 7.37. The average Bonchev–Trinajstić information content (AvgIpc) is 2.52. The van der Waals surface area contributed by atoms with E-state index in [0.717, 1.165) is 17.5 Å². The molecule has 24 heavy (non-hydrogen) atoms. The fourth-order valence-corrected chi connectivity index (χ4v) is 3.99. The summed E-state index contributed by atoms with van der Waals surface area (Å²) in [7, 11) is 0. The highest BCUT2D eigenvalue weighted by Gasteiger charge is 2.42.